The molecule has 2 aliphatic heterocycles. The average molecular weight is 461 g/mol. The topological polar surface area (TPSA) is 158 Å². The molecule has 3 heterocycles. The number of aromatic nitrogens is 3. The van der Waals surface area contributed by atoms with E-state index >= 15 is 0 Å². The first-order valence-electron chi connectivity index (χ1n) is 11.3. The first-order chi connectivity index (χ1) is 15.1. The van der Waals surface area contributed by atoms with Crippen LogP contribution in [0.25, 0.3) is 10.4 Å². The molecule has 1 aromatic rings. The normalized spacial score (nSPS) is 25.3. The molecular weight excluding hydrogens is 424 g/mol. The number of rotatable bonds is 5. The first kappa shape index (κ1) is 25.4. The molecule has 0 saturated carbocycles. The molecule has 1 aromatic heterocycles. The molecule has 182 valence electrons. The highest BCUT2D eigenvalue weighted by molar-refractivity contribution is 5.41. The van der Waals surface area contributed by atoms with E-state index in [1.807, 2.05) is 55.4 Å². The number of hydrogen-bond acceptors (Lipinski definition) is 8. The molecule has 0 atom stereocenters. The Labute approximate surface area is 195 Å². The van der Waals surface area contributed by atoms with Gasteiger partial charge in [0.05, 0.1) is 0 Å². The lowest BCUT2D eigenvalue weighted by Gasteiger charge is -2.50. The van der Waals surface area contributed by atoms with Crippen molar-refractivity contribution in [2.24, 2.45) is 5.11 Å². The van der Waals surface area contributed by atoms with Crippen LogP contribution in [0.4, 0.5) is 17.8 Å². The molecular formula is C21H36N10O2. The zero-order valence-electron chi connectivity index (χ0n) is 20.9. The van der Waals surface area contributed by atoms with Gasteiger partial charge in [-0.25, -0.2) is 0 Å². The smallest absolute Gasteiger partial charge is 0.228 e. The Kier molecular flexibility index (Phi) is 6.55. The van der Waals surface area contributed by atoms with Gasteiger partial charge < -0.3 is 10.6 Å². The Bertz CT molecular complexity index is 827. The Morgan fingerprint density at radius 1 is 0.758 bits per heavy atom. The summed E-state index contributed by atoms with van der Waals surface area (Å²) in [5, 5.41) is 37.9. The van der Waals surface area contributed by atoms with E-state index in [1.165, 1.54) is 0 Å². The second-order valence-electron chi connectivity index (χ2n) is 11.8. The summed E-state index contributed by atoms with van der Waals surface area (Å²) in [4.78, 5) is 15.8. The number of nitrogens with zero attached hydrogens (tertiary/aromatic N) is 8. The van der Waals surface area contributed by atoms with Gasteiger partial charge in [0.25, 0.3) is 0 Å². The SMILES string of the molecule is CC1(C)CC(Nc2nc(N=[N+]=[N-])nc(NC3CC(C)(C)N([O])C(C)(C)C3)n2)CC(C)(C)N1[O]. The molecule has 0 aromatic carbocycles. The van der Waals surface area contributed by atoms with Gasteiger partial charge in [-0.05, 0) is 91.7 Å². The van der Waals surface area contributed by atoms with Gasteiger partial charge in [0.15, 0.2) is 0 Å². The highest BCUT2D eigenvalue weighted by atomic mass is 16.5. The number of anilines is 2. The second kappa shape index (κ2) is 8.52. The summed E-state index contributed by atoms with van der Waals surface area (Å²) >= 11 is 0. The molecule has 12 nitrogen and oxygen atoms in total. The minimum atomic E-state index is -0.551. The van der Waals surface area contributed by atoms with Gasteiger partial charge in [0.1, 0.15) is 0 Å². The fourth-order valence-electron chi connectivity index (χ4n) is 5.67. The van der Waals surface area contributed by atoms with Crippen molar-refractivity contribution in [2.75, 3.05) is 10.6 Å². The van der Waals surface area contributed by atoms with E-state index < -0.39 is 22.2 Å². The summed E-state index contributed by atoms with van der Waals surface area (Å²) in [5.74, 6) is 0.522. The van der Waals surface area contributed by atoms with Crippen LogP contribution < -0.4 is 10.6 Å². The van der Waals surface area contributed by atoms with Gasteiger partial charge in [-0.3, -0.25) is 0 Å². The lowest BCUT2D eigenvalue weighted by molar-refractivity contribution is -0.288. The standard InChI is InChI=1S/C21H36N10O2/c1-18(2)9-13(10-19(3,4)30(18)32)23-15-25-16(27-17(26-15)28-29-22)24-14-11-20(5,6)31(33)21(7,8)12-14/h13-14H,9-12H2,1-8H3,(H2,23,24,25,26,27). The third kappa shape index (κ3) is 5.47. The van der Waals surface area contributed by atoms with E-state index in [9.17, 15) is 10.4 Å². The van der Waals surface area contributed by atoms with Crippen molar-refractivity contribution in [3.63, 3.8) is 0 Å². The van der Waals surface area contributed by atoms with Gasteiger partial charge in [0.2, 0.25) is 17.8 Å². The highest BCUT2D eigenvalue weighted by Gasteiger charge is 2.47. The number of hydroxylamine groups is 4. The fraction of sp³-hybridized carbons (Fsp3) is 0.857. The summed E-state index contributed by atoms with van der Waals surface area (Å²) in [6, 6.07) is -0.0909. The van der Waals surface area contributed by atoms with Crippen molar-refractivity contribution in [1.29, 1.82) is 0 Å². The zero-order chi connectivity index (χ0) is 24.8. The summed E-state index contributed by atoms with van der Waals surface area (Å²) < 4.78 is 0. The molecule has 2 N–H and O–H groups in total. The number of hydrogen-bond donors (Lipinski definition) is 2. The number of azide groups is 1. The van der Waals surface area contributed by atoms with Crippen LogP contribution in [0.1, 0.15) is 81.1 Å². The summed E-state index contributed by atoms with van der Waals surface area (Å²) in [6.45, 7) is 15.4. The maximum Gasteiger partial charge on any atom is 0.228 e. The van der Waals surface area contributed by atoms with Gasteiger partial charge >= 0.3 is 0 Å². The van der Waals surface area contributed by atoms with Crippen molar-refractivity contribution in [1.82, 2.24) is 25.1 Å². The predicted octanol–water partition coefficient (Wildman–Crippen LogP) is 4.37. The van der Waals surface area contributed by atoms with Crippen molar-refractivity contribution >= 4 is 17.8 Å². The molecule has 2 aliphatic rings. The van der Waals surface area contributed by atoms with Crippen LogP contribution in [-0.4, -0.2) is 59.3 Å². The zero-order valence-corrected chi connectivity index (χ0v) is 20.9. The lowest BCUT2D eigenvalue weighted by atomic mass is 9.79. The summed E-state index contributed by atoms with van der Waals surface area (Å²) in [7, 11) is 0. The minimum absolute atomic E-state index is 0.0444. The van der Waals surface area contributed by atoms with Crippen LogP contribution in [-0.2, 0) is 10.4 Å². The van der Waals surface area contributed by atoms with Gasteiger partial charge in [-0.15, -0.1) is 20.5 Å². The van der Waals surface area contributed by atoms with Crippen LogP contribution in [0, 0.1) is 0 Å². The van der Waals surface area contributed by atoms with E-state index in [1.54, 1.807) is 0 Å². The van der Waals surface area contributed by atoms with E-state index in [-0.39, 0.29) is 29.9 Å². The van der Waals surface area contributed by atoms with E-state index in [0.717, 1.165) is 10.1 Å². The monoisotopic (exact) mass is 460 g/mol. The molecule has 33 heavy (non-hydrogen) atoms. The molecule has 2 saturated heterocycles. The molecule has 2 radical (unpaired) electrons. The predicted molar refractivity (Wildman–Crippen MR) is 123 cm³/mol. The van der Waals surface area contributed by atoms with Crippen molar-refractivity contribution < 1.29 is 10.4 Å². The summed E-state index contributed by atoms with van der Waals surface area (Å²) in [6.07, 6.45) is 2.43. The van der Waals surface area contributed by atoms with Crippen LogP contribution in [0.15, 0.2) is 5.11 Å². The Hall–Kier alpha value is -2.24. The number of nitrogens with one attached hydrogen (secondary N) is 2. The minimum Gasteiger partial charge on any atom is -0.351 e. The van der Waals surface area contributed by atoms with Crippen molar-refractivity contribution in [2.45, 2.75) is 115 Å². The van der Waals surface area contributed by atoms with Gasteiger partial charge in [-0.2, -0.15) is 15.0 Å². The van der Waals surface area contributed by atoms with Crippen LogP contribution in [0.2, 0.25) is 0 Å². The Morgan fingerprint density at radius 3 is 1.39 bits per heavy atom. The van der Waals surface area contributed by atoms with E-state index in [4.69, 9.17) is 5.53 Å². The molecule has 0 unspecified atom stereocenters. The largest absolute Gasteiger partial charge is 0.351 e. The molecule has 3 rings (SSSR count). The third-order valence-corrected chi connectivity index (χ3v) is 6.61. The molecule has 0 spiro atoms. The van der Waals surface area contributed by atoms with E-state index in [2.05, 4.69) is 35.6 Å². The third-order valence-electron chi connectivity index (χ3n) is 6.61. The number of piperidine rings is 2. The van der Waals surface area contributed by atoms with Crippen molar-refractivity contribution in [3.05, 3.63) is 10.4 Å². The maximum absolute atomic E-state index is 12.7. The van der Waals surface area contributed by atoms with Gasteiger partial charge in [-0.1, -0.05) is 0 Å². The molecule has 0 aliphatic carbocycles. The summed E-state index contributed by atoms with van der Waals surface area (Å²) in [5.41, 5.74) is 6.71. The quantitative estimate of drug-likeness (QED) is 0.375. The average Bonchev–Trinajstić information content (AvgIpc) is 2.63. The van der Waals surface area contributed by atoms with E-state index in [0.29, 0.717) is 25.7 Å². The highest BCUT2D eigenvalue weighted by Crippen LogP contribution is 2.39. The molecule has 0 bridgehead atoms. The Balaban J connectivity index is 1.84. The molecule has 12 heteroatoms. The Morgan fingerprint density at radius 2 is 1.09 bits per heavy atom. The van der Waals surface area contributed by atoms with Crippen LogP contribution >= 0.6 is 0 Å². The maximum atomic E-state index is 12.7. The first-order valence-corrected chi connectivity index (χ1v) is 11.3. The fourth-order valence-corrected chi connectivity index (χ4v) is 5.67. The second-order valence-corrected chi connectivity index (χ2v) is 11.8. The molecule has 0 amide bonds. The van der Waals surface area contributed by atoms with Crippen molar-refractivity contribution in [3.8, 4) is 0 Å². The molecule has 2 fully saturated rings. The van der Waals surface area contributed by atoms with Crippen LogP contribution in [0.5, 0.6) is 0 Å². The lowest BCUT2D eigenvalue weighted by Crippen LogP contribution is -2.60. The van der Waals surface area contributed by atoms with Gasteiger partial charge in [0, 0.05) is 39.2 Å². The van der Waals surface area contributed by atoms with Crippen LogP contribution in [0.3, 0.4) is 0 Å².